The van der Waals surface area contributed by atoms with Crippen LogP contribution in [0.1, 0.15) is 28.9 Å². The molecule has 0 saturated carbocycles. The number of aryl methyl sites for hydroxylation is 1. The van der Waals surface area contributed by atoms with Crippen molar-refractivity contribution >= 4 is 5.91 Å². The number of amides is 1. The third-order valence-electron chi connectivity index (χ3n) is 2.69. The molecule has 0 aliphatic carbocycles. The van der Waals surface area contributed by atoms with Crippen molar-refractivity contribution in [3.8, 4) is 0 Å². The Kier molecular flexibility index (Phi) is 3.51. The number of aromatic nitrogens is 1. The van der Waals surface area contributed by atoms with Crippen LogP contribution in [-0.4, -0.2) is 30.1 Å². The molecule has 1 fully saturated rings. The second-order valence-electron chi connectivity index (χ2n) is 4.03. The van der Waals surface area contributed by atoms with Gasteiger partial charge >= 0.3 is 0 Å². The molecule has 1 atom stereocenters. The maximum absolute atomic E-state index is 11.7. The van der Waals surface area contributed by atoms with Crippen LogP contribution >= 0.6 is 0 Å². The fourth-order valence-electron chi connectivity index (χ4n) is 1.72. The Hall–Kier alpha value is -1.42. The summed E-state index contributed by atoms with van der Waals surface area (Å²) >= 11 is 0. The fourth-order valence-corrected chi connectivity index (χ4v) is 1.72. The zero-order valence-electron chi connectivity index (χ0n) is 9.40. The Balaban J connectivity index is 1.85. The lowest BCUT2D eigenvalue weighted by atomic mass is 10.2. The van der Waals surface area contributed by atoms with Gasteiger partial charge in [0.25, 0.3) is 5.91 Å². The highest BCUT2D eigenvalue weighted by Gasteiger charge is 2.16. The normalized spacial score (nSPS) is 19.7. The van der Waals surface area contributed by atoms with Crippen molar-refractivity contribution in [2.75, 3.05) is 13.2 Å². The topological polar surface area (TPSA) is 51.2 Å². The third-order valence-corrected chi connectivity index (χ3v) is 2.69. The number of carbonyl (C=O) groups is 1. The van der Waals surface area contributed by atoms with E-state index in [2.05, 4.69) is 10.3 Å². The van der Waals surface area contributed by atoms with Crippen LogP contribution in [0.15, 0.2) is 18.3 Å². The minimum atomic E-state index is -0.0806. The maximum Gasteiger partial charge on any atom is 0.252 e. The molecule has 0 bridgehead atoms. The lowest BCUT2D eigenvalue weighted by molar-refractivity contribution is 0.0857. The van der Waals surface area contributed by atoms with Gasteiger partial charge in [0.1, 0.15) is 0 Å². The number of hydrogen-bond acceptors (Lipinski definition) is 3. The van der Waals surface area contributed by atoms with Gasteiger partial charge in [-0.15, -0.1) is 0 Å². The molecule has 1 saturated heterocycles. The molecule has 1 aliphatic rings. The summed E-state index contributed by atoms with van der Waals surface area (Å²) in [5.74, 6) is -0.0806. The number of pyridine rings is 1. The van der Waals surface area contributed by atoms with Crippen LogP contribution < -0.4 is 5.32 Å². The van der Waals surface area contributed by atoms with Crippen LogP contribution in [0.25, 0.3) is 0 Å². The number of nitrogens with zero attached hydrogens (tertiary/aromatic N) is 1. The van der Waals surface area contributed by atoms with Crippen molar-refractivity contribution in [1.29, 1.82) is 0 Å². The van der Waals surface area contributed by atoms with Crippen molar-refractivity contribution in [2.24, 2.45) is 0 Å². The number of carbonyl (C=O) groups excluding carboxylic acids is 1. The molecule has 1 aliphatic heterocycles. The van der Waals surface area contributed by atoms with Crippen LogP contribution in [-0.2, 0) is 4.74 Å². The monoisotopic (exact) mass is 220 g/mol. The van der Waals surface area contributed by atoms with Crippen molar-refractivity contribution in [3.63, 3.8) is 0 Å². The summed E-state index contributed by atoms with van der Waals surface area (Å²) in [5.41, 5.74) is 1.51. The van der Waals surface area contributed by atoms with Crippen molar-refractivity contribution in [1.82, 2.24) is 10.3 Å². The van der Waals surface area contributed by atoms with Gasteiger partial charge in [-0.1, -0.05) is 0 Å². The van der Waals surface area contributed by atoms with Crippen molar-refractivity contribution < 1.29 is 9.53 Å². The predicted octanol–water partition coefficient (Wildman–Crippen LogP) is 1.30. The van der Waals surface area contributed by atoms with Gasteiger partial charge in [0.2, 0.25) is 0 Å². The van der Waals surface area contributed by atoms with Crippen LogP contribution in [0.4, 0.5) is 0 Å². The Bertz CT molecular complexity index is 356. The average molecular weight is 220 g/mol. The van der Waals surface area contributed by atoms with Crippen LogP contribution in [0, 0.1) is 6.92 Å². The van der Waals surface area contributed by atoms with E-state index in [-0.39, 0.29) is 12.0 Å². The van der Waals surface area contributed by atoms with Crippen molar-refractivity contribution in [2.45, 2.75) is 25.9 Å². The molecule has 1 aromatic rings. The van der Waals surface area contributed by atoms with Gasteiger partial charge in [-0.25, -0.2) is 0 Å². The largest absolute Gasteiger partial charge is 0.376 e. The van der Waals surface area contributed by atoms with E-state index in [9.17, 15) is 4.79 Å². The summed E-state index contributed by atoms with van der Waals surface area (Å²) in [7, 11) is 0. The molecule has 1 aromatic heterocycles. The molecule has 0 spiro atoms. The highest BCUT2D eigenvalue weighted by molar-refractivity contribution is 5.93. The standard InChI is InChI=1S/C12H16N2O2/c1-9-4-5-10(7-13-9)12(15)14-8-11-3-2-6-16-11/h4-5,7,11H,2-3,6,8H2,1H3,(H,14,15)/t11-/m1/s1. The Labute approximate surface area is 95.0 Å². The second-order valence-corrected chi connectivity index (χ2v) is 4.03. The molecule has 0 unspecified atom stereocenters. The number of nitrogens with one attached hydrogen (secondary N) is 1. The first-order valence-electron chi connectivity index (χ1n) is 5.58. The van der Waals surface area contributed by atoms with Crippen LogP contribution in [0.5, 0.6) is 0 Å². The zero-order chi connectivity index (χ0) is 11.4. The second kappa shape index (κ2) is 5.07. The van der Waals surface area contributed by atoms with Crippen LogP contribution in [0.2, 0.25) is 0 Å². The number of ether oxygens (including phenoxy) is 1. The quantitative estimate of drug-likeness (QED) is 0.835. The summed E-state index contributed by atoms with van der Waals surface area (Å²) in [6, 6.07) is 3.62. The summed E-state index contributed by atoms with van der Waals surface area (Å²) in [5, 5.41) is 2.86. The SMILES string of the molecule is Cc1ccc(C(=O)NC[C@H]2CCCO2)cn1. The van der Waals surface area contributed by atoms with Gasteiger partial charge in [-0.05, 0) is 31.9 Å². The van der Waals surface area contributed by atoms with Crippen molar-refractivity contribution in [3.05, 3.63) is 29.6 Å². The molecule has 2 rings (SSSR count). The first-order valence-corrected chi connectivity index (χ1v) is 5.58. The van der Waals surface area contributed by atoms with Gasteiger partial charge in [-0.2, -0.15) is 0 Å². The molecule has 0 radical (unpaired) electrons. The minimum absolute atomic E-state index is 0.0806. The van der Waals surface area contributed by atoms with E-state index >= 15 is 0 Å². The fraction of sp³-hybridized carbons (Fsp3) is 0.500. The number of rotatable bonds is 3. The summed E-state index contributed by atoms with van der Waals surface area (Å²) in [4.78, 5) is 15.8. The highest BCUT2D eigenvalue weighted by atomic mass is 16.5. The van der Waals surface area contributed by atoms with Gasteiger partial charge in [-0.3, -0.25) is 9.78 Å². The maximum atomic E-state index is 11.7. The lowest BCUT2D eigenvalue weighted by Crippen LogP contribution is -2.31. The Morgan fingerprint density at radius 3 is 3.12 bits per heavy atom. The molecular formula is C12H16N2O2. The molecule has 16 heavy (non-hydrogen) atoms. The summed E-state index contributed by atoms with van der Waals surface area (Å²) in [6.45, 7) is 3.30. The first kappa shape index (κ1) is 11.1. The van der Waals surface area contributed by atoms with Gasteiger partial charge < -0.3 is 10.1 Å². The molecule has 86 valence electrons. The molecule has 4 heteroatoms. The van der Waals surface area contributed by atoms with E-state index in [4.69, 9.17) is 4.74 Å². The van der Waals surface area contributed by atoms with Crippen LogP contribution in [0.3, 0.4) is 0 Å². The predicted molar refractivity (Wildman–Crippen MR) is 60.3 cm³/mol. The average Bonchev–Trinajstić information content (AvgIpc) is 2.80. The van der Waals surface area contributed by atoms with Gasteiger partial charge in [0.15, 0.2) is 0 Å². The van der Waals surface area contributed by atoms with Gasteiger partial charge in [0.05, 0.1) is 11.7 Å². The van der Waals surface area contributed by atoms with E-state index in [0.29, 0.717) is 12.1 Å². The van der Waals surface area contributed by atoms with E-state index in [1.165, 1.54) is 0 Å². The highest BCUT2D eigenvalue weighted by Crippen LogP contribution is 2.10. The Morgan fingerprint density at radius 1 is 1.62 bits per heavy atom. The number of hydrogen-bond donors (Lipinski definition) is 1. The molecule has 1 amide bonds. The molecule has 1 N–H and O–H groups in total. The van der Waals surface area contributed by atoms with E-state index < -0.39 is 0 Å². The van der Waals surface area contributed by atoms with E-state index in [0.717, 1.165) is 25.1 Å². The third kappa shape index (κ3) is 2.79. The minimum Gasteiger partial charge on any atom is -0.376 e. The first-order chi connectivity index (χ1) is 7.75. The van der Waals surface area contributed by atoms with E-state index in [1.54, 1.807) is 12.3 Å². The molecule has 2 heterocycles. The molecular weight excluding hydrogens is 204 g/mol. The Morgan fingerprint density at radius 2 is 2.50 bits per heavy atom. The zero-order valence-corrected chi connectivity index (χ0v) is 9.40. The molecule has 4 nitrogen and oxygen atoms in total. The smallest absolute Gasteiger partial charge is 0.252 e. The summed E-state index contributed by atoms with van der Waals surface area (Å²) < 4.78 is 5.43. The lowest BCUT2D eigenvalue weighted by Gasteiger charge is -2.10. The van der Waals surface area contributed by atoms with Gasteiger partial charge in [0, 0.05) is 25.0 Å². The van der Waals surface area contributed by atoms with E-state index in [1.807, 2.05) is 13.0 Å². The summed E-state index contributed by atoms with van der Waals surface area (Å²) in [6.07, 6.45) is 3.90. The molecule has 0 aromatic carbocycles.